The highest BCUT2D eigenvalue weighted by atomic mass is 16.7. The van der Waals surface area contributed by atoms with Crippen molar-refractivity contribution in [1.82, 2.24) is 4.57 Å². The standard InChI is InChI=1S/C15H25NO4/c1-6-7-8-12-13(19-11-18-5)9-10-16(12)14(17)20-15(2,3)4/h9-10H,6-8,11H2,1-5H3. The highest BCUT2D eigenvalue weighted by molar-refractivity contribution is 5.73. The topological polar surface area (TPSA) is 49.7 Å². The minimum absolute atomic E-state index is 0.164. The van der Waals surface area contributed by atoms with Gasteiger partial charge in [-0.3, -0.25) is 4.57 Å². The maximum absolute atomic E-state index is 12.2. The monoisotopic (exact) mass is 283 g/mol. The van der Waals surface area contributed by atoms with E-state index in [1.165, 1.54) is 4.57 Å². The second-order valence-electron chi connectivity index (χ2n) is 5.63. The number of hydrogen-bond acceptors (Lipinski definition) is 4. The second kappa shape index (κ2) is 7.33. The summed E-state index contributed by atoms with van der Waals surface area (Å²) in [6.07, 6.45) is 4.10. The lowest BCUT2D eigenvalue weighted by atomic mass is 10.2. The minimum atomic E-state index is -0.517. The molecule has 0 unspecified atom stereocenters. The number of nitrogens with zero attached hydrogens (tertiary/aromatic N) is 1. The fraction of sp³-hybridized carbons (Fsp3) is 0.667. The number of methoxy groups -OCH3 is 1. The molecule has 1 aromatic heterocycles. The summed E-state index contributed by atoms with van der Waals surface area (Å²) in [6.45, 7) is 7.82. The molecule has 0 spiro atoms. The van der Waals surface area contributed by atoms with Crippen molar-refractivity contribution in [3.8, 4) is 5.75 Å². The van der Waals surface area contributed by atoms with Crippen molar-refractivity contribution >= 4 is 6.09 Å². The summed E-state index contributed by atoms with van der Waals surface area (Å²) in [5, 5.41) is 0. The summed E-state index contributed by atoms with van der Waals surface area (Å²) in [7, 11) is 1.57. The number of carbonyl (C=O) groups is 1. The fourth-order valence-corrected chi connectivity index (χ4v) is 1.77. The number of hydrogen-bond donors (Lipinski definition) is 0. The molecule has 0 aliphatic rings. The molecule has 0 bridgehead atoms. The van der Waals surface area contributed by atoms with Crippen LogP contribution < -0.4 is 4.74 Å². The third-order valence-corrected chi connectivity index (χ3v) is 2.64. The summed E-state index contributed by atoms with van der Waals surface area (Å²) in [5.74, 6) is 0.672. The average Bonchev–Trinajstić information content (AvgIpc) is 2.74. The van der Waals surface area contributed by atoms with Crippen molar-refractivity contribution in [3.05, 3.63) is 18.0 Å². The Balaban J connectivity index is 2.93. The normalized spacial score (nSPS) is 11.4. The molecular formula is C15H25NO4. The molecule has 0 atom stereocenters. The van der Waals surface area contributed by atoms with E-state index in [2.05, 4.69) is 6.92 Å². The van der Waals surface area contributed by atoms with E-state index < -0.39 is 5.60 Å². The molecule has 0 fully saturated rings. The van der Waals surface area contributed by atoms with Crippen molar-refractivity contribution in [2.24, 2.45) is 0 Å². The molecular weight excluding hydrogens is 258 g/mol. The van der Waals surface area contributed by atoms with Gasteiger partial charge in [0.15, 0.2) is 6.79 Å². The van der Waals surface area contributed by atoms with Crippen molar-refractivity contribution in [2.75, 3.05) is 13.9 Å². The number of rotatable bonds is 6. The third-order valence-electron chi connectivity index (χ3n) is 2.64. The zero-order chi connectivity index (χ0) is 15.2. The van der Waals surface area contributed by atoms with Crippen LogP contribution in [0.1, 0.15) is 46.2 Å². The van der Waals surface area contributed by atoms with Crippen molar-refractivity contribution < 1.29 is 19.0 Å². The van der Waals surface area contributed by atoms with E-state index in [4.69, 9.17) is 14.2 Å². The van der Waals surface area contributed by atoms with E-state index in [1.807, 2.05) is 20.8 Å². The maximum Gasteiger partial charge on any atom is 0.418 e. The Hall–Kier alpha value is -1.49. The minimum Gasteiger partial charge on any atom is -0.466 e. The highest BCUT2D eigenvalue weighted by Gasteiger charge is 2.21. The quantitative estimate of drug-likeness (QED) is 0.748. The molecule has 114 valence electrons. The van der Waals surface area contributed by atoms with Gasteiger partial charge in [0.25, 0.3) is 0 Å². The Morgan fingerprint density at radius 1 is 1.35 bits per heavy atom. The van der Waals surface area contributed by atoms with Gasteiger partial charge in [0, 0.05) is 13.3 Å². The molecule has 1 heterocycles. The summed E-state index contributed by atoms with van der Waals surface area (Å²) >= 11 is 0. The zero-order valence-corrected chi connectivity index (χ0v) is 13.1. The molecule has 5 nitrogen and oxygen atoms in total. The molecule has 1 aromatic rings. The van der Waals surface area contributed by atoms with Gasteiger partial charge < -0.3 is 14.2 Å². The predicted octanol–water partition coefficient (Wildman–Crippen LogP) is 3.60. The van der Waals surface area contributed by atoms with Crippen LogP contribution >= 0.6 is 0 Å². The Morgan fingerprint density at radius 2 is 2.05 bits per heavy atom. The lowest BCUT2D eigenvalue weighted by Crippen LogP contribution is -2.27. The molecule has 5 heteroatoms. The first-order valence-corrected chi connectivity index (χ1v) is 6.94. The van der Waals surface area contributed by atoms with Gasteiger partial charge in [-0.1, -0.05) is 13.3 Å². The van der Waals surface area contributed by atoms with E-state index in [-0.39, 0.29) is 12.9 Å². The van der Waals surface area contributed by atoms with Crippen LogP contribution in [-0.4, -0.2) is 30.2 Å². The van der Waals surface area contributed by atoms with E-state index in [9.17, 15) is 4.79 Å². The van der Waals surface area contributed by atoms with E-state index in [0.29, 0.717) is 5.75 Å². The molecule has 0 amide bonds. The lowest BCUT2D eigenvalue weighted by Gasteiger charge is -2.20. The number of ether oxygens (including phenoxy) is 3. The Kier molecular flexibility index (Phi) is 6.07. The molecule has 0 radical (unpaired) electrons. The molecule has 0 aromatic carbocycles. The van der Waals surface area contributed by atoms with Crippen LogP contribution in [0.4, 0.5) is 4.79 Å². The summed E-state index contributed by atoms with van der Waals surface area (Å²) < 4.78 is 17.3. The van der Waals surface area contributed by atoms with Crippen LogP contribution in [0.15, 0.2) is 12.3 Å². The van der Waals surface area contributed by atoms with Crippen LogP contribution in [0.5, 0.6) is 5.75 Å². The maximum atomic E-state index is 12.2. The fourth-order valence-electron chi connectivity index (χ4n) is 1.77. The van der Waals surface area contributed by atoms with Gasteiger partial charge in [-0.15, -0.1) is 0 Å². The number of carbonyl (C=O) groups excluding carboxylic acids is 1. The summed E-state index contributed by atoms with van der Waals surface area (Å²) in [6, 6.07) is 1.77. The van der Waals surface area contributed by atoms with Crippen LogP contribution in [0.25, 0.3) is 0 Å². The molecule has 0 saturated carbocycles. The largest absolute Gasteiger partial charge is 0.466 e. The molecule has 1 rings (SSSR count). The van der Waals surface area contributed by atoms with Crippen molar-refractivity contribution in [1.29, 1.82) is 0 Å². The van der Waals surface area contributed by atoms with Crippen molar-refractivity contribution in [3.63, 3.8) is 0 Å². The molecule has 0 aliphatic carbocycles. The predicted molar refractivity (Wildman–Crippen MR) is 77.2 cm³/mol. The zero-order valence-electron chi connectivity index (χ0n) is 13.1. The van der Waals surface area contributed by atoms with Gasteiger partial charge in [-0.05, 0) is 39.7 Å². The first kappa shape index (κ1) is 16.6. The Labute approximate surface area is 120 Å². The number of unbranched alkanes of at least 4 members (excludes halogenated alkanes) is 1. The smallest absolute Gasteiger partial charge is 0.418 e. The highest BCUT2D eigenvalue weighted by Crippen LogP contribution is 2.23. The van der Waals surface area contributed by atoms with Crippen LogP contribution in [-0.2, 0) is 15.9 Å². The van der Waals surface area contributed by atoms with Crippen LogP contribution in [0.3, 0.4) is 0 Å². The van der Waals surface area contributed by atoms with E-state index in [1.54, 1.807) is 19.4 Å². The van der Waals surface area contributed by atoms with E-state index in [0.717, 1.165) is 25.0 Å². The number of aromatic nitrogens is 1. The molecule has 0 saturated heterocycles. The lowest BCUT2D eigenvalue weighted by molar-refractivity contribution is 0.0476. The van der Waals surface area contributed by atoms with Crippen LogP contribution in [0.2, 0.25) is 0 Å². The van der Waals surface area contributed by atoms with E-state index >= 15 is 0 Å². The summed E-state index contributed by atoms with van der Waals surface area (Å²) in [4.78, 5) is 12.2. The second-order valence-corrected chi connectivity index (χ2v) is 5.63. The Bertz CT molecular complexity index is 432. The third kappa shape index (κ3) is 4.89. The van der Waals surface area contributed by atoms with Gasteiger partial charge >= 0.3 is 6.09 Å². The van der Waals surface area contributed by atoms with Gasteiger partial charge in [0.05, 0.1) is 5.69 Å². The first-order valence-electron chi connectivity index (χ1n) is 6.94. The van der Waals surface area contributed by atoms with Gasteiger partial charge in [0.2, 0.25) is 0 Å². The molecule has 0 N–H and O–H groups in total. The van der Waals surface area contributed by atoms with Gasteiger partial charge in [0.1, 0.15) is 11.4 Å². The molecule has 0 aliphatic heterocycles. The van der Waals surface area contributed by atoms with Gasteiger partial charge in [-0.25, -0.2) is 4.79 Å². The van der Waals surface area contributed by atoms with Gasteiger partial charge in [-0.2, -0.15) is 0 Å². The van der Waals surface area contributed by atoms with Crippen molar-refractivity contribution in [2.45, 2.75) is 52.6 Å². The first-order chi connectivity index (χ1) is 9.39. The van der Waals surface area contributed by atoms with Crippen LogP contribution in [0, 0.1) is 0 Å². The summed E-state index contributed by atoms with van der Waals surface area (Å²) in [5.41, 5.74) is 0.315. The SMILES string of the molecule is CCCCc1c(OCOC)ccn1C(=O)OC(C)(C)C. The molecule has 20 heavy (non-hydrogen) atoms. The Morgan fingerprint density at radius 3 is 2.60 bits per heavy atom. The average molecular weight is 283 g/mol.